The van der Waals surface area contributed by atoms with Gasteiger partial charge < -0.3 is 14.2 Å². The quantitative estimate of drug-likeness (QED) is 0.0310. The van der Waals surface area contributed by atoms with Crippen LogP contribution in [-0.2, 0) is 50.3 Å². The highest BCUT2D eigenvalue weighted by atomic mass is 32.2. The van der Waals surface area contributed by atoms with Crippen LogP contribution in [0.5, 0.6) is 11.5 Å². The third-order valence-electron chi connectivity index (χ3n) is 11.5. The Morgan fingerprint density at radius 1 is 0.588 bits per heavy atom. The first-order valence-electron chi connectivity index (χ1n) is 24.5. The second-order valence-corrected chi connectivity index (χ2v) is 33.0. The molecule has 0 spiro atoms. The molecule has 4 aromatic heterocycles. The molecule has 0 aliphatic rings. The third kappa shape index (κ3) is 16.4. The minimum atomic E-state index is -4.40. The molecule has 80 heavy (non-hydrogen) atoms. The Labute approximate surface area is 477 Å². The molecule has 4 heterocycles. The van der Waals surface area contributed by atoms with Crippen LogP contribution >= 0.6 is 45.3 Å². The Morgan fingerprint density at radius 2 is 1.02 bits per heavy atom. The van der Waals surface area contributed by atoms with E-state index in [9.17, 15) is 43.2 Å². The van der Waals surface area contributed by atoms with Gasteiger partial charge in [0.2, 0.25) is 10.3 Å². The Hall–Kier alpha value is -5.88. The van der Waals surface area contributed by atoms with E-state index in [0.29, 0.717) is 50.6 Å². The molecule has 28 heteroatoms. The highest BCUT2D eigenvalue weighted by molar-refractivity contribution is 7.93. The van der Waals surface area contributed by atoms with E-state index in [1.165, 1.54) is 93.9 Å². The zero-order valence-corrected chi connectivity index (χ0v) is 50.5. The predicted octanol–water partition coefficient (Wildman–Crippen LogP) is 14.7. The van der Waals surface area contributed by atoms with Crippen LogP contribution in [0, 0.1) is 13.8 Å². The number of thiazole rings is 2. The first-order valence-corrected chi connectivity index (χ1v) is 34.4. The molecule has 1 N–H and O–H groups in total. The summed E-state index contributed by atoms with van der Waals surface area (Å²) >= 11 is 5.05. The van der Waals surface area contributed by atoms with Crippen molar-refractivity contribution in [1.82, 2.24) is 30.4 Å². The summed E-state index contributed by atoms with van der Waals surface area (Å²) in [6, 6.07) is 22.6. The number of halogens is 6. The van der Waals surface area contributed by atoms with Crippen molar-refractivity contribution < 1.29 is 57.4 Å². The van der Waals surface area contributed by atoms with E-state index in [-0.39, 0.29) is 51.8 Å². The number of sulfonamides is 2. The van der Waals surface area contributed by atoms with Gasteiger partial charge in [-0.2, -0.15) is 26.3 Å². The molecular formula is C52H56F6N8O7S6Si. The average Bonchev–Trinajstić information content (AvgIpc) is 4.26. The van der Waals surface area contributed by atoms with Gasteiger partial charge in [0.25, 0.3) is 20.0 Å². The SMILES string of the molecule is Cc1nc(-c2ccc(C(F)(F)F)cc2)sc1COc1ccc(S(=O)(=O)N(COCC[Si](C)(C)C)c2nnc(C(C)C)s2)cc1.Cc1nc(-c2ccc(C(F)(F)F)cc2)sc1COc1ccc(S(=O)(=O)Nc2nnc(C(C)C)s2)cc1. The normalized spacial score (nSPS) is 12.4. The Balaban J connectivity index is 0.000000236. The number of alkyl halides is 6. The fraction of sp³-hybridized carbons (Fsp3) is 0.346. The van der Waals surface area contributed by atoms with E-state index in [0.717, 1.165) is 54.4 Å². The number of nitrogens with one attached hydrogen (secondary N) is 1. The standard InChI is InChI=1S/C29H35F3N4O4S3Si.C23H21F3N4O3S3/c1-19(2)26-34-35-28(42-26)36(18-39-15-16-44(4,5)6)43(37,38)24-13-11-23(12-14-24)40-17-25-20(3)33-27(41-25)21-7-9-22(10-8-21)29(30,31)32;1-13(2)20-28-29-22(35-20)30-36(31,32)18-10-8-17(9-11-18)33-12-19-14(3)27-21(34-19)15-4-6-16(7-5-15)23(24,25)26/h7-14,19H,15-18H2,1-6H3;4-11,13H,12H2,1-3H3,(H,29,30). The summed E-state index contributed by atoms with van der Waals surface area (Å²) in [5.41, 5.74) is 1.14. The molecule has 0 bridgehead atoms. The minimum Gasteiger partial charge on any atom is -0.488 e. The third-order valence-corrected chi connectivity index (χ3v) is 21.3. The monoisotopic (exact) mass is 1240 g/mol. The van der Waals surface area contributed by atoms with Gasteiger partial charge in [-0.3, -0.25) is 4.72 Å². The van der Waals surface area contributed by atoms with E-state index in [1.807, 2.05) is 27.7 Å². The van der Waals surface area contributed by atoms with Gasteiger partial charge in [0.1, 0.15) is 51.5 Å². The van der Waals surface area contributed by atoms with E-state index in [4.69, 9.17) is 14.2 Å². The van der Waals surface area contributed by atoms with Crippen molar-refractivity contribution in [3.05, 3.63) is 139 Å². The molecule has 8 rings (SSSR count). The topological polar surface area (TPSA) is 189 Å². The lowest BCUT2D eigenvalue weighted by Gasteiger charge is -2.22. The van der Waals surface area contributed by atoms with Gasteiger partial charge in [0.05, 0.1) is 42.1 Å². The van der Waals surface area contributed by atoms with Crippen LogP contribution in [0.15, 0.2) is 107 Å². The van der Waals surface area contributed by atoms with E-state index in [2.05, 4.69) is 54.7 Å². The van der Waals surface area contributed by atoms with Crippen LogP contribution in [-0.4, -0.2) is 68.6 Å². The Bertz CT molecular complexity index is 3570. The lowest BCUT2D eigenvalue weighted by Crippen LogP contribution is -2.34. The number of rotatable bonds is 21. The van der Waals surface area contributed by atoms with E-state index >= 15 is 0 Å². The molecule has 0 amide bonds. The summed E-state index contributed by atoms with van der Waals surface area (Å²) in [6.45, 7) is 18.7. The Kier molecular flexibility index (Phi) is 19.7. The molecule has 0 fully saturated rings. The van der Waals surface area contributed by atoms with Gasteiger partial charge in [0, 0.05) is 37.6 Å². The molecule has 0 radical (unpaired) electrons. The summed E-state index contributed by atoms with van der Waals surface area (Å²) in [7, 11) is -9.22. The van der Waals surface area contributed by atoms with Gasteiger partial charge in [-0.25, -0.2) is 31.1 Å². The molecule has 0 aliphatic heterocycles. The lowest BCUT2D eigenvalue weighted by molar-refractivity contribution is -0.138. The van der Waals surface area contributed by atoms with Crippen molar-refractivity contribution in [1.29, 1.82) is 0 Å². The molecule has 0 saturated carbocycles. The fourth-order valence-electron chi connectivity index (χ4n) is 6.82. The van der Waals surface area contributed by atoms with Gasteiger partial charge >= 0.3 is 12.4 Å². The highest BCUT2D eigenvalue weighted by Crippen LogP contribution is 2.37. The zero-order chi connectivity index (χ0) is 58.4. The van der Waals surface area contributed by atoms with Crippen LogP contribution in [0.3, 0.4) is 0 Å². The number of ether oxygens (including phenoxy) is 3. The molecule has 8 aromatic rings. The van der Waals surface area contributed by atoms with Gasteiger partial charge in [-0.15, -0.1) is 43.1 Å². The zero-order valence-electron chi connectivity index (χ0n) is 44.6. The van der Waals surface area contributed by atoms with Crippen molar-refractivity contribution >= 4 is 83.7 Å². The number of aryl methyl sites for hydroxylation is 2. The number of anilines is 2. The van der Waals surface area contributed by atoms with Gasteiger partial charge in [-0.1, -0.05) is 94.3 Å². The maximum Gasteiger partial charge on any atom is 0.416 e. The molecule has 15 nitrogen and oxygen atoms in total. The second kappa shape index (κ2) is 25.5. The smallest absolute Gasteiger partial charge is 0.416 e. The van der Waals surface area contributed by atoms with Crippen LogP contribution in [0.25, 0.3) is 21.1 Å². The number of benzene rings is 4. The molecular weight excluding hydrogens is 1180 g/mol. The molecule has 0 aliphatic carbocycles. The molecule has 0 saturated heterocycles. The maximum atomic E-state index is 13.7. The van der Waals surface area contributed by atoms with Crippen LogP contribution in [0.2, 0.25) is 25.7 Å². The maximum absolute atomic E-state index is 13.7. The van der Waals surface area contributed by atoms with E-state index in [1.54, 1.807) is 38.1 Å². The fourth-order valence-corrected chi connectivity index (χ4v) is 13.9. The summed E-state index contributed by atoms with van der Waals surface area (Å²) in [6.07, 6.45) is -8.80. The number of hydrogen-bond acceptors (Lipinski definition) is 17. The second-order valence-electron chi connectivity index (χ2n) is 19.7. The summed E-state index contributed by atoms with van der Waals surface area (Å²) in [5, 5.41) is 19.2. The highest BCUT2D eigenvalue weighted by Gasteiger charge is 2.32. The van der Waals surface area contributed by atoms with Crippen molar-refractivity contribution in [2.45, 2.75) is 114 Å². The summed E-state index contributed by atoms with van der Waals surface area (Å²) < 4.78 is 151. The van der Waals surface area contributed by atoms with Crippen LogP contribution in [0.1, 0.15) is 81.8 Å². The van der Waals surface area contributed by atoms with Crippen molar-refractivity contribution in [3.8, 4) is 32.6 Å². The van der Waals surface area contributed by atoms with Crippen molar-refractivity contribution in [2.24, 2.45) is 0 Å². The van der Waals surface area contributed by atoms with Crippen molar-refractivity contribution in [2.75, 3.05) is 22.4 Å². The minimum absolute atomic E-state index is 0.0507. The molecule has 0 atom stereocenters. The summed E-state index contributed by atoms with van der Waals surface area (Å²) in [4.78, 5) is 10.6. The molecule has 0 unspecified atom stereocenters. The average molecular weight is 1240 g/mol. The van der Waals surface area contributed by atoms with Gasteiger partial charge in [-0.05, 0) is 92.7 Å². The van der Waals surface area contributed by atoms with Crippen LogP contribution in [0.4, 0.5) is 36.6 Å². The van der Waals surface area contributed by atoms with E-state index < -0.39 is 51.6 Å². The van der Waals surface area contributed by atoms with Crippen LogP contribution < -0.4 is 18.5 Å². The largest absolute Gasteiger partial charge is 0.488 e. The molecule has 4 aromatic carbocycles. The number of nitrogens with zero attached hydrogens (tertiary/aromatic N) is 7. The first kappa shape index (κ1) is 61.7. The van der Waals surface area contributed by atoms with Gasteiger partial charge in [0.15, 0.2) is 0 Å². The predicted molar refractivity (Wildman–Crippen MR) is 304 cm³/mol. The first-order chi connectivity index (χ1) is 37.5. The van der Waals surface area contributed by atoms with Crippen molar-refractivity contribution in [3.63, 3.8) is 0 Å². The number of hydrogen-bond donors (Lipinski definition) is 1. The summed E-state index contributed by atoms with van der Waals surface area (Å²) in [5.74, 6) is 1.15. The lowest BCUT2D eigenvalue weighted by atomic mass is 10.1. The molecule has 428 valence electrons. The Morgan fingerprint density at radius 3 is 1.44 bits per heavy atom. The number of aromatic nitrogens is 6.